The molecule has 1 heteroatoms. The van der Waals surface area contributed by atoms with Gasteiger partial charge in [0.2, 0.25) is 0 Å². The van der Waals surface area contributed by atoms with Gasteiger partial charge >= 0.3 is 88.2 Å². The molecule has 14 heavy (non-hydrogen) atoms. The van der Waals surface area contributed by atoms with Gasteiger partial charge in [0.15, 0.2) is 0 Å². The van der Waals surface area contributed by atoms with Crippen LogP contribution in [0, 0.1) is 0 Å². The molecule has 0 amide bonds. The van der Waals surface area contributed by atoms with Crippen LogP contribution in [0.4, 0.5) is 0 Å². The van der Waals surface area contributed by atoms with Crippen LogP contribution < -0.4 is 0 Å². The van der Waals surface area contributed by atoms with Gasteiger partial charge in [-0.05, 0) is 0 Å². The average Bonchev–Trinajstić information content (AvgIpc) is 2.74. The van der Waals surface area contributed by atoms with E-state index in [1.807, 2.05) is 6.08 Å². The van der Waals surface area contributed by atoms with Crippen molar-refractivity contribution in [3.05, 3.63) is 35.7 Å². The first kappa shape index (κ1) is 11.7. The van der Waals surface area contributed by atoms with Gasteiger partial charge in [-0.2, -0.15) is 0 Å². The van der Waals surface area contributed by atoms with Gasteiger partial charge in [-0.25, -0.2) is 0 Å². The van der Waals surface area contributed by atoms with Crippen LogP contribution in [0.1, 0.15) is 33.6 Å². The molecule has 1 aliphatic rings. The van der Waals surface area contributed by atoms with Crippen molar-refractivity contribution in [1.29, 1.82) is 0 Å². The molecule has 0 aromatic carbocycles. The van der Waals surface area contributed by atoms with Gasteiger partial charge in [0.25, 0.3) is 0 Å². The first-order valence-electron chi connectivity index (χ1n) is 5.51. The van der Waals surface area contributed by atoms with E-state index in [0.29, 0.717) is 0 Å². The van der Waals surface area contributed by atoms with Gasteiger partial charge in [0.1, 0.15) is 0 Å². The Morgan fingerprint density at radius 3 is 2.64 bits per heavy atom. The molecule has 1 aliphatic heterocycles. The van der Waals surface area contributed by atoms with E-state index in [4.69, 9.17) is 0 Å². The Morgan fingerprint density at radius 2 is 2.21 bits per heavy atom. The van der Waals surface area contributed by atoms with Crippen molar-refractivity contribution in [3.8, 4) is 0 Å². The van der Waals surface area contributed by atoms with E-state index >= 15 is 0 Å². The quantitative estimate of drug-likeness (QED) is 0.445. The Labute approximate surface area is 88.7 Å². The van der Waals surface area contributed by atoms with Crippen LogP contribution in [0.15, 0.2) is 35.7 Å². The maximum atomic E-state index is 3.84. The van der Waals surface area contributed by atoms with Gasteiger partial charge < -0.3 is 0 Å². The van der Waals surface area contributed by atoms with Crippen molar-refractivity contribution in [2.75, 3.05) is 6.66 Å². The van der Waals surface area contributed by atoms with Crippen molar-refractivity contribution in [3.63, 3.8) is 0 Å². The predicted octanol–water partition coefficient (Wildman–Crippen LogP) is 4.93. The Morgan fingerprint density at radius 1 is 1.57 bits per heavy atom. The Bertz CT molecular complexity index is 300. The van der Waals surface area contributed by atoms with Crippen molar-refractivity contribution < 1.29 is 0 Å². The van der Waals surface area contributed by atoms with E-state index in [-0.39, 0.29) is 0 Å². The fraction of sp³-hybridized carbons (Fsp3) is 0.538. The second kappa shape index (κ2) is 3.66. The molecular weight excluding hydrogens is 187 g/mol. The zero-order valence-electron chi connectivity index (χ0n) is 9.96. The zero-order valence-corrected chi connectivity index (χ0v) is 10.8. The summed E-state index contributed by atoms with van der Waals surface area (Å²) in [7, 11) is 0. The zero-order chi connectivity index (χ0) is 10.8. The van der Waals surface area contributed by atoms with Crippen molar-refractivity contribution in [2.24, 2.45) is 0 Å². The minimum absolute atomic E-state index is 0.812. The molecule has 0 aliphatic carbocycles. The molecule has 1 unspecified atom stereocenters. The van der Waals surface area contributed by atoms with Crippen LogP contribution in [0.3, 0.4) is 0 Å². The molecular formula is C13H23P. The number of hydrogen-bond donors (Lipinski definition) is 0. The molecule has 0 spiro atoms. The van der Waals surface area contributed by atoms with E-state index in [0.717, 1.165) is 12.1 Å². The van der Waals surface area contributed by atoms with Crippen LogP contribution in [0.25, 0.3) is 0 Å². The van der Waals surface area contributed by atoms with Gasteiger partial charge in [0.05, 0.1) is 0 Å². The summed E-state index contributed by atoms with van der Waals surface area (Å²) in [6.07, 6.45) is 6.63. The Kier molecular flexibility index (Phi) is 3.07. The van der Waals surface area contributed by atoms with E-state index in [2.05, 4.69) is 51.7 Å². The molecule has 0 saturated heterocycles. The Balaban J connectivity index is 2.92. The predicted molar refractivity (Wildman–Crippen MR) is 70.3 cm³/mol. The third-order valence-electron chi connectivity index (χ3n) is 3.87. The maximum absolute atomic E-state index is 3.84. The van der Waals surface area contributed by atoms with E-state index in [1.165, 1.54) is 6.42 Å². The molecule has 0 radical (unpaired) electrons. The van der Waals surface area contributed by atoms with Crippen LogP contribution in [-0.4, -0.2) is 12.3 Å². The monoisotopic (exact) mass is 210 g/mol. The van der Waals surface area contributed by atoms with Crippen LogP contribution >= 0.6 is 6.60 Å². The molecule has 80 valence electrons. The summed E-state index contributed by atoms with van der Waals surface area (Å²) in [6.45, 7) is 11.5. The summed E-state index contributed by atoms with van der Waals surface area (Å²) in [5, 5.41) is 1.67. The van der Waals surface area contributed by atoms with Gasteiger partial charge in [-0.3, -0.25) is 0 Å². The van der Waals surface area contributed by atoms with Crippen molar-refractivity contribution >= 4 is 6.60 Å². The van der Waals surface area contributed by atoms with Gasteiger partial charge in [-0.1, -0.05) is 0 Å². The fourth-order valence-electron chi connectivity index (χ4n) is 2.39. The van der Waals surface area contributed by atoms with Crippen LogP contribution in [0.5, 0.6) is 0 Å². The molecule has 0 fully saturated rings. The summed E-state index contributed by atoms with van der Waals surface area (Å²) < 4.78 is 0. The fourth-order valence-corrected chi connectivity index (χ4v) is 7.76. The third kappa shape index (κ3) is 1.50. The molecule has 1 rings (SSSR count). The topological polar surface area (TPSA) is 0 Å². The van der Waals surface area contributed by atoms with Crippen molar-refractivity contribution in [1.82, 2.24) is 0 Å². The first-order valence-corrected chi connectivity index (χ1v) is 8.40. The second-order valence-corrected chi connectivity index (χ2v) is 10.4. The number of allylic oxidation sites excluding steroid dienone is 3. The minimum atomic E-state index is -1.64. The second-order valence-electron chi connectivity index (χ2n) is 4.69. The number of hydrogen-bond acceptors (Lipinski definition) is 0. The van der Waals surface area contributed by atoms with E-state index in [9.17, 15) is 0 Å². The van der Waals surface area contributed by atoms with Gasteiger partial charge in [-0.15, -0.1) is 0 Å². The first-order chi connectivity index (χ1) is 6.52. The molecule has 0 aromatic heterocycles. The summed E-state index contributed by atoms with van der Waals surface area (Å²) in [6, 6.07) is 0. The molecule has 0 nitrogen and oxygen atoms in total. The molecule has 0 N–H and O–H groups in total. The summed E-state index contributed by atoms with van der Waals surface area (Å²) in [5.74, 6) is 5.03. The van der Waals surface area contributed by atoms with Gasteiger partial charge in [0, 0.05) is 0 Å². The summed E-state index contributed by atoms with van der Waals surface area (Å²) >= 11 is 0. The van der Waals surface area contributed by atoms with E-state index in [1.54, 1.807) is 5.31 Å². The normalized spacial score (nSPS) is 27.4. The summed E-state index contributed by atoms with van der Waals surface area (Å²) in [4.78, 5) is 0. The molecule has 1 atom stereocenters. The van der Waals surface area contributed by atoms with Crippen LogP contribution in [0.2, 0.25) is 0 Å². The average molecular weight is 210 g/mol. The molecule has 0 saturated carbocycles. The molecule has 0 aromatic rings. The molecule has 1 heterocycles. The number of rotatable bonds is 5. The third-order valence-corrected chi connectivity index (χ3v) is 10.3. The van der Waals surface area contributed by atoms with Crippen LogP contribution in [-0.2, 0) is 0 Å². The van der Waals surface area contributed by atoms with E-state index < -0.39 is 6.60 Å². The standard InChI is InChI=1S/C13H23P/c1-6-9-13-11-14(13,5,10-7-2)12(4)8-3/h6-7,10-12H,1,8-9H2,2-5H3/b10-7-. The Hall–Kier alpha value is -0.350. The van der Waals surface area contributed by atoms with Crippen molar-refractivity contribution in [2.45, 2.75) is 39.3 Å². The SMILES string of the molecule is C=CCC1=CP1(C)(/C=C\C)C(C)CC. The summed E-state index contributed by atoms with van der Waals surface area (Å²) in [5.41, 5.74) is 0.812. The molecule has 0 bridgehead atoms.